The summed E-state index contributed by atoms with van der Waals surface area (Å²) in [5, 5.41) is 40.7. The van der Waals surface area contributed by atoms with E-state index in [0.717, 1.165) is 17.9 Å². The number of nitrogens with two attached hydrogens (primary N) is 2. The van der Waals surface area contributed by atoms with Crippen molar-refractivity contribution in [3.05, 3.63) is 197 Å². The van der Waals surface area contributed by atoms with Crippen LogP contribution in [0.1, 0.15) is 62.1 Å². The zero-order valence-corrected chi connectivity index (χ0v) is 40.1. The Hall–Kier alpha value is -5.12. The summed E-state index contributed by atoms with van der Waals surface area (Å²) in [5.41, 5.74) is 11.5. The van der Waals surface area contributed by atoms with Crippen LogP contribution in [0.2, 0.25) is 0 Å². The van der Waals surface area contributed by atoms with Crippen LogP contribution in [0.3, 0.4) is 0 Å². The van der Waals surface area contributed by atoms with Gasteiger partial charge in [0.25, 0.3) is 0 Å². The first-order chi connectivity index (χ1) is 27.4. The van der Waals surface area contributed by atoms with Gasteiger partial charge in [0.15, 0.2) is 0 Å². The zero-order valence-electron chi connectivity index (χ0n) is 31.4. The molecule has 6 rings (SSSR count). The average molecular weight is 1190 g/mol. The van der Waals surface area contributed by atoms with Crippen molar-refractivity contribution in [3.8, 4) is 0 Å². The van der Waals surface area contributed by atoms with E-state index in [1.165, 1.54) is 60.9 Å². The van der Waals surface area contributed by atoms with Crippen molar-refractivity contribution in [1.82, 2.24) is 9.97 Å². The quantitative estimate of drug-likeness (QED) is 0.178. The number of hydrogen-bond donors (Lipinski definition) is 2. The van der Waals surface area contributed by atoms with Gasteiger partial charge >= 0.3 is 34.1 Å². The standard InChI is InChI=1S/4C7H5BrO2.2C6H6N2O.2Mn.2H2O/c4*8-6-3-1-5(2-4-6)7(9)10;2*7-6(9)5-2-1-3-8-4-5;;;;/h4*1-4H,(H,9,10);2*1-4H,(H2,7,9);;;2*1H2/q;;;;;;2*+2;;/p-2. The number of pyridine rings is 2. The van der Waals surface area contributed by atoms with Gasteiger partial charge in [-0.2, -0.15) is 0 Å². The van der Waals surface area contributed by atoms with E-state index < -0.39 is 35.7 Å². The van der Waals surface area contributed by atoms with E-state index in [0.29, 0.717) is 11.1 Å². The molecule has 10 N–H and O–H groups in total. The van der Waals surface area contributed by atoms with E-state index in [1.54, 1.807) is 85.2 Å². The van der Waals surface area contributed by atoms with E-state index in [1.807, 2.05) is 0 Å². The molecular weight excluding hydrogens is 1160 g/mol. The summed E-state index contributed by atoms with van der Waals surface area (Å²) in [4.78, 5) is 68.9. The molecule has 0 saturated carbocycles. The van der Waals surface area contributed by atoms with Gasteiger partial charge in [0.2, 0.25) is 11.8 Å². The number of carbonyl (C=O) groups is 6. The third-order valence-electron chi connectivity index (χ3n) is 6.21. The summed E-state index contributed by atoms with van der Waals surface area (Å²) in [6, 6.07) is 31.7. The summed E-state index contributed by atoms with van der Waals surface area (Å²) in [7, 11) is 0. The Morgan fingerprint density at radius 3 is 0.677 bits per heavy atom. The minimum absolute atomic E-state index is 0. The van der Waals surface area contributed by atoms with E-state index >= 15 is 0 Å². The Labute approximate surface area is 409 Å². The normalized spacial score (nSPS) is 8.58. The fourth-order valence-corrected chi connectivity index (χ4v) is 4.42. The van der Waals surface area contributed by atoms with Crippen LogP contribution in [0, 0.1) is 0 Å². The number of benzene rings is 4. The van der Waals surface area contributed by atoms with Gasteiger partial charge in [0.05, 0.1) is 35.0 Å². The first-order valence-electron chi connectivity index (χ1n) is 15.7. The van der Waals surface area contributed by atoms with Crippen molar-refractivity contribution in [2.75, 3.05) is 0 Å². The number of halogens is 4. The summed E-state index contributed by atoms with van der Waals surface area (Å²) in [5.74, 6) is -5.47. The molecule has 0 atom stereocenters. The van der Waals surface area contributed by atoms with Crippen LogP contribution < -0.4 is 31.9 Å². The maximum absolute atomic E-state index is 10.4. The second-order valence-corrected chi connectivity index (χ2v) is 14.1. The number of aromatic carboxylic acids is 4. The molecule has 4 aromatic carbocycles. The summed E-state index contributed by atoms with van der Waals surface area (Å²) in [6.45, 7) is 0. The molecule has 2 heterocycles. The molecule has 0 saturated heterocycles. The van der Waals surface area contributed by atoms with Crippen LogP contribution in [0.4, 0.5) is 0 Å². The minimum atomic E-state index is -1.15. The van der Waals surface area contributed by atoms with Crippen molar-refractivity contribution in [2.24, 2.45) is 11.5 Å². The molecule has 16 nitrogen and oxygen atoms in total. The Balaban J connectivity index is -0.000000322. The van der Waals surface area contributed by atoms with Crippen LogP contribution in [0.25, 0.3) is 0 Å². The van der Waals surface area contributed by atoms with Gasteiger partial charge in [-0.1, -0.05) is 112 Å². The van der Waals surface area contributed by atoms with Crippen LogP contribution in [-0.2, 0) is 45.1 Å². The summed E-state index contributed by atoms with van der Waals surface area (Å²) >= 11 is 12.7. The molecule has 0 bridgehead atoms. The molecule has 62 heavy (non-hydrogen) atoms. The monoisotopic (exact) mass is 1190 g/mol. The number of carbonyl (C=O) groups excluding carboxylic acids is 6. The SMILES string of the molecule is NC(=O)c1cccnc1.NC(=O)c1cccnc1.O=C([O-])c1ccc(Br)cc1.O=C([O-])c1ccc(Br)cc1.O=C([O-])c1ccc(Br)cc1.O=C([O-])c1ccc(Br)cc1.[Mn+2].[Mn+2].[OH3+].[OH3+]. The molecule has 0 aliphatic carbocycles. The molecule has 2 amide bonds. The number of nitrogens with zero attached hydrogens (tertiary/aromatic N) is 2. The number of primary amides is 2. The summed E-state index contributed by atoms with van der Waals surface area (Å²) < 4.78 is 3.44. The van der Waals surface area contributed by atoms with Crippen LogP contribution >= 0.6 is 63.7 Å². The third-order valence-corrected chi connectivity index (χ3v) is 8.33. The number of rotatable bonds is 6. The smallest absolute Gasteiger partial charge is 0.545 e. The Bertz CT molecular complexity index is 1960. The van der Waals surface area contributed by atoms with Crippen molar-refractivity contribution in [1.29, 1.82) is 0 Å². The van der Waals surface area contributed by atoms with Crippen molar-refractivity contribution in [2.45, 2.75) is 0 Å². The molecule has 0 spiro atoms. The van der Waals surface area contributed by atoms with E-state index in [2.05, 4.69) is 73.7 Å². The largest absolute Gasteiger partial charge is 2.00 e. The predicted molar refractivity (Wildman–Crippen MR) is 229 cm³/mol. The molecule has 6 aromatic rings. The van der Waals surface area contributed by atoms with Gasteiger partial charge in [0.1, 0.15) is 0 Å². The first kappa shape index (κ1) is 63.5. The molecular formula is C40H34Br4Mn2N4O12+2. The maximum atomic E-state index is 10.4. The third kappa shape index (κ3) is 28.4. The molecule has 2 radical (unpaired) electrons. The van der Waals surface area contributed by atoms with E-state index in [4.69, 9.17) is 11.5 Å². The zero-order chi connectivity index (χ0) is 43.6. The average Bonchev–Trinajstić information content (AvgIpc) is 3.20. The number of hydrogen-bond acceptors (Lipinski definition) is 12. The van der Waals surface area contributed by atoms with Crippen LogP contribution in [0.5, 0.6) is 0 Å². The fourth-order valence-electron chi connectivity index (χ4n) is 3.36. The van der Waals surface area contributed by atoms with Crippen LogP contribution in [-0.4, -0.2) is 45.7 Å². The van der Waals surface area contributed by atoms with Gasteiger partial charge in [0, 0.05) is 42.7 Å². The Kier molecular flexibility index (Phi) is 36.3. The number of carboxylic acids is 4. The molecule has 0 aliphatic heterocycles. The van der Waals surface area contributed by atoms with Crippen LogP contribution in [0.15, 0.2) is 164 Å². The van der Waals surface area contributed by atoms with Gasteiger partial charge in [-0.05, 0) is 95.1 Å². The summed E-state index contributed by atoms with van der Waals surface area (Å²) in [6.07, 6.45) is 6.05. The molecule has 326 valence electrons. The van der Waals surface area contributed by atoms with Crippen molar-refractivity contribution in [3.63, 3.8) is 0 Å². The maximum Gasteiger partial charge on any atom is 2.00 e. The topological polar surface area (TPSA) is 338 Å². The van der Waals surface area contributed by atoms with E-state index in [9.17, 15) is 49.2 Å². The molecule has 0 aliphatic rings. The molecule has 0 unspecified atom stereocenters. The van der Waals surface area contributed by atoms with Crippen molar-refractivity contribution < 1.29 is 94.3 Å². The fraction of sp³-hybridized carbons (Fsp3) is 0. The van der Waals surface area contributed by atoms with Crippen molar-refractivity contribution >= 4 is 99.4 Å². The van der Waals surface area contributed by atoms with Gasteiger partial charge in [-0.3, -0.25) is 19.6 Å². The second-order valence-electron chi connectivity index (χ2n) is 10.4. The Morgan fingerprint density at radius 2 is 0.565 bits per heavy atom. The van der Waals surface area contributed by atoms with Gasteiger partial charge in [-0.25, -0.2) is 0 Å². The van der Waals surface area contributed by atoms with Gasteiger partial charge < -0.3 is 62.0 Å². The molecule has 0 fully saturated rings. The predicted octanol–water partition coefficient (Wildman–Crippen LogP) is 1.76. The minimum Gasteiger partial charge on any atom is -0.545 e. The molecule has 22 heteroatoms. The number of aromatic nitrogens is 2. The Morgan fingerprint density at radius 1 is 0.371 bits per heavy atom. The van der Waals surface area contributed by atoms with Gasteiger partial charge in [-0.15, -0.1) is 0 Å². The first-order valence-corrected chi connectivity index (χ1v) is 18.9. The number of carboxylic acid groups (broad SMARTS) is 4. The second kappa shape index (κ2) is 35.5. The number of amides is 2. The molecule has 2 aromatic heterocycles. The van der Waals surface area contributed by atoms with E-state index in [-0.39, 0.29) is 67.3 Å².